The van der Waals surface area contributed by atoms with Crippen molar-refractivity contribution in [1.29, 1.82) is 0 Å². The predicted molar refractivity (Wildman–Crippen MR) is 94.3 cm³/mol. The number of phenols is 1. The van der Waals surface area contributed by atoms with Crippen LogP contribution in [0.25, 0.3) is 10.9 Å². The number of carbonyl (C=O) groups excluding carboxylic acids is 1. The lowest BCUT2D eigenvalue weighted by atomic mass is 10.1. The topological polar surface area (TPSA) is 74.6 Å². The monoisotopic (exact) mass is 319 g/mol. The zero-order valence-corrected chi connectivity index (χ0v) is 13.4. The van der Waals surface area contributed by atoms with Crippen molar-refractivity contribution < 1.29 is 9.90 Å². The van der Waals surface area contributed by atoms with Gasteiger partial charge in [0, 0.05) is 5.39 Å². The number of nitrogens with one attached hydrogen (secondary N) is 1. The standard InChI is InChI=1S/C19H17N3O2/c1-12-6-5-8-15(18(12)23)19(24)22-21-13(2)16-11-10-14-7-3-4-9-17(14)20-16/h3-11,23H,1-2H3,(H,22,24)/b21-13+. The second-order valence-corrected chi connectivity index (χ2v) is 5.50. The summed E-state index contributed by atoms with van der Waals surface area (Å²) in [5.41, 5.74) is 5.43. The fraction of sp³-hybridized carbons (Fsp3) is 0.105. The van der Waals surface area contributed by atoms with Crippen LogP contribution in [0.15, 0.2) is 59.7 Å². The molecule has 0 aliphatic rings. The van der Waals surface area contributed by atoms with Crippen LogP contribution in [-0.2, 0) is 0 Å². The van der Waals surface area contributed by atoms with Crippen LogP contribution < -0.4 is 5.43 Å². The van der Waals surface area contributed by atoms with E-state index in [1.165, 1.54) is 0 Å². The van der Waals surface area contributed by atoms with Gasteiger partial charge in [-0.15, -0.1) is 0 Å². The first-order valence-electron chi connectivity index (χ1n) is 7.55. The van der Waals surface area contributed by atoms with Crippen molar-refractivity contribution in [2.45, 2.75) is 13.8 Å². The molecule has 0 aliphatic carbocycles. The van der Waals surface area contributed by atoms with Crippen molar-refractivity contribution in [2.24, 2.45) is 5.10 Å². The average molecular weight is 319 g/mol. The van der Waals surface area contributed by atoms with Crippen LogP contribution in [-0.4, -0.2) is 21.7 Å². The Morgan fingerprint density at radius 3 is 2.71 bits per heavy atom. The summed E-state index contributed by atoms with van der Waals surface area (Å²) < 4.78 is 0. The molecule has 3 rings (SSSR count). The van der Waals surface area contributed by atoms with E-state index in [2.05, 4.69) is 15.5 Å². The second-order valence-electron chi connectivity index (χ2n) is 5.50. The summed E-state index contributed by atoms with van der Waals surface area (Å²) in [4.78, 5) is 16.7. The van der Waals surface area contributed by atoms with Gasteiger partial charge in [0.1, 0.15) is 5.75 Å². The molecule has 0 spiro atoms. The first-order valence-corrected chi connectivity index (χ1v) is 7.55. The molecule has 1 amide bonds. The van der Waals surface area contributed by atoms with E-state index in [9.17, 15) is 9.90 Å². The van der Waals surface area contributed by atoms with Crippen molar-refractivity contribution in [3.63, 3.8) is 0 Å². The molecule has 0 radical (unpaired) electrons. The molecule has 0 aliphatic heterocycles. The van der Waals surface area contributed by atoms with E-state index in [0.717, 1.165) is 10.9 Å². The fourth-order valence-electron chi connectivity index (χ4n) is 2.36. The van der Waals surface area contributed by atoms with E-state index in [4.69, 9.17) is 0 Å². The zero-order chi connectivity index (χ0) is 17.1. The normalized spacial score (nSPS) is 11.5. The number of phenolic OH excluding ortho intramolecular Hbond substituents is 1. The van der Waals surface area contributed by atoms with E-state index in [-0.39, 0.29) is 11.3 Å². The zero-order valence-electron chi connectivity index (χ0n) is 13.4. The Balaban J connectivity index is 1.82. The van der Waals surface area contributed by atoms with Crippen LogP contribution in [0.5, 0.6) is 5.75 Å². The molecule has 5 heteroatoms. The Morgan fingerprint density at radius 1 is 1.08 bits per heavy atom. The van der Waals surface area contributed by atoms with Crippen LogP contribution in [0.3, 0.4) is 0 Å². The number of aryl methyl sites for hydroxylation is 1. The van der Waals surface area contributed by atoms with Gasteiger partial charge in [-0.1, -0.05) is 36.4 Å². The highest BCUT2D eigenvalue weighted by Gasteiger charge is 2.12. The van der Waals surface area contributed by atoms with Gasteiger partial charge in [-0.3, -0.25) is 4.79 Å². The molecule has 0 atom stereocenters. The SMILES string of the molecule is C/C(=N\NC(=O)c1cccc(C)c1O)c1ccc2ccccc2n1. The maximum atomic E-state index is 12.2. The maximum Gasteiger partial charge on any atom is 0.275 e. The number of hydrogen-bond acceptors (Lipinski definition) is 4. The second kappa shape index (κ2) is 6.50. The Bertz CT molecular complexity index is 948. The first kappa shape index (κ1) is 15.7. The van der Waals surface area contributed by atoms with E-state index in [0.29, 0.717) is 17.0 Å². The molecule has 0 saturated carbocycles. The van der Waals surface area contributed by atoms with Crippen molar-refractivity contribution in [3.8, 4) is 5.75 Å². The molecule has 1 aromatic heterocycles. The predicted octanol–water partition coefficient (Wildman–Crippen LogP) is 3.40. The van der Waals surface area contributed by atoms with Crippen molar-refractivity contribution in [1.82, 2.24) is 10.4 Å². The molecule has 1 heterocycles. The highest BCUT2D eigenvalue weighted by Crippen LogP contribution is 2.21. The van der Waals surface area contributed by atoms with Gasteiger partial charge in [0.25, 0.3) is 5.91 Å². The fourth-order valence-corrected chi connectivity index (χ4v) is 2.36. The molecular weight excluding hydrogens is 302 g/mol. The molecule has 0 fully saturated rings. The lowest BCUT2D eigenvalue weighted by Gasteiger charge is -2.06. The summed E-state index contributed by atoms with van der Waals surface area (Å²) >= 11 is 0. The van der Waals surface area contributed by atoms with Crippen molar-refractivity contribution >= 4 is 22.5 Å². The number of aromatic nitrogens is 1. The number of aromatic hydroxyl groups is 1. The third-order valence-electron chi connectivity index (χ3n) is 3.78. The Labute approximate surface area is 139 Å². The summed E-state index contributed by atoms with van der Waals surface area (Å²) in [7, 11) is 0. The molecule has 120 valence electrons. The molecule has 24 heavy (non-hydrogen) atoms. The Hall–Kier alpha value is -3.21. The van der Waals surface area contributed by atoms with Gasteiger partial charge >= 0.3 is 0 Å². The number of rotatable bonds is 3. The summed E-state index contributed by atoms with van der Waals surface area (Å²) in [6.07, 6.45) is 0. The van der Waals surface area contributed by atoms with E-state index >= 15 is 0 Å². The largest absolute Gasteiger partial charge is 0.507 e. The van der Waals surface area contributed by atoms with E-state index in [1.807, 2.05) is 36.4 Å². The lowest BCUT2D eigenvalue weighted by molar-refractivity contribution is 0.0952. The summed E-state index contributed by atoms with van der Waals surface area (Å²) in [6.45, 7) is 3.51. The smallest absolute Gasteiger partial charge is 0.275 e. The van der Waals surface area contributed by atoms with Crippen LogP contribution in [0.4, 0.5) is 0 Å². The highest BCUT2D eigenvalue weighted by molar-refractivity contribution is 6.01. The van der Waals surface area contributed by atoms with Gasteiger partial charge in [-0.25, -0.2) is 10.4 Å². The van der Waals surface area contributed by atoms with Gasteiger partial charge in [0.2, 0.25) is 0 Å². The van der Waals surface area contributed by atoms with Crippen molar-refractivity contribution in [3.05, 3.63) is 71.4 Å². The third-order valence-corrected chi connectivity index (χ3v) is 3.78. The van der Waals surface area contributed by atoms with Crippen LogP contribution in [0, 0.1) is 6.92 Å². The molecular formula is C19H17N3O2. The summed E-state index contributed by atoms with van der Waals surface area (Å²) in [5, 5.41) is 15.1. The van der Waals surface area contributed by atoms with Crippen molar-refractivity contribution in [2.75, 3.05) is 0 Å². The number of benzene rings is 2. The van der Waals surface area contributed by atoms with Crippen LogP contribution in [0.2, 0.25) is 0 Å². The number of para-hydroxylation sites is 2. The highest BCUT2D eigenvalue weighted by atomic mass is 16.3. The number of amides is 1. The maximum absolute atomic E-state index is 12.2. The molecule has 3 aromatic rings. The van der Waals surface area contributed by atoms with Gasteiger partial charge in [-0.2, -0.15) is 5.10 Å². The molecule has 0 saturated heterocycles. The molecule has 0 bridgehead atoms. The summed E-state index contributed by atoms with van der Waals surface area (Å²) in [6, 6.07) is 16.6. The minimum absolute atomic E-state index is 0.0355. The minimum Gasteiger partial charge on any atom is -0.507 e. The Kier molecular flexibility index (Phi) is 4.24. The number of nitrogens with zero attached hydrogens (tertiary/aromatic N) is 2. The van der Waals surface area contributed by atoms with E-state index < -0.39 is 5.91 Å². The first-order chi connectivity index (χ1) is 11.6. The number of hydrogen-bond donors (Lipinski definition) is 2. The summed E-state index contributed by atoms with van der Waals surface area (Å²) in [5.74, 6) is -0.497. The number of carbonyl (C=O) groups is 1. The lowest BCUT2D eigenvalue weighted by Crippen LogP contribution is -2.20. The van der Waals surface area contributed by atoms with Gasteiger partial charge in [0.05, 0.1) is 22.5 Å². The van der Waals surface area contributed by atoms with Crippen LogP contribution >= 0.6 is 0 Å². The number of hydrazone groups is 1. The van der Waals surface area contributed by atoms with Gasteiger partial charge in [-0.05, 0) is 37.6 Å². The number of fused-ring (bicyclic) bond motifs is 1. The molecule has 2 aromatic carbocycles. The average Bonchev–Trinajstić information content (AvgIpc) is 2.61. The molecule has 5 nitrogen and oxygen atoms in total. The molecule has 2 N–H and O–H groups in total. The quantitative estimate of drug-likeness (QED) is 0.574. The van der Waals surface area contributed by atoms with Gasteiger partial charge < -0.3 is 5.11 Å². The minimum atomic E-state index is -0.462. The third kappa shape index (κ3) is 3.10. The number of pyridine rings is 1. The van der Waals surface area contributed by atoms with Crippen LogP contribution in [0.1, 0.15) is 28.5 Å². The van der Waals surface area contributed by atoms with E-state index in [1.54, 1.807) is 32.0 Å². The molecule has 0 unspecified atom stereocenters. The van der Waals surface area contributed by atoms with Gasteiger partial charge in [0.15, 0.2) is 0 Å². The Morgan fingerprint density at radius 2 is 1.88 bits per heavy atom.